The third-order valence-electron chi connectivity index (χ3n) is 6.57. The molecule has 0 N–H and O–H groups in total. The fourth-order valence-corrected chi connectivity index (χ4v) is 5.45. The monoisotopic (exact) mass is 322 g/mol. The van der Waals surface area contributed by atoms with E-state index < -0.39 is 0 Å². The summed E-state index contributed by atoms with van der Waals surface area (Å²) >= 11 is 0. The molecule has 0 radical (unpaired) electrons. The average molecular weight is 322 g/mol. The Morgan fingerprint density at radius 3 is 2.52 bits per heavy atom. The normalized spacial score (nSPS) is 40.5. The van der Waals surface area contributed by atoms with Gasteiger partial charge in [0.05, 0.1) is 18.6 Å². The second-order valence-corrected chi connectivity index (χ2v) is 9.70. The van der Waals surface area contributed by atoms with E-state index >= 15 is 0 Å². The van der Waals surface area contributed by atoms with E-state index in [1.807, 2.05) is 0 Å². The molecule has 0 amide bonds. The van der Waals surface area contributed by atoms with Crippen molar-refractivity contribution in [1.82, 2.24) is 0 Å². The Labute approximate surface area is 141 Å². The summed E-state index contributed by atoms with van der Waals surface area (Å²) in [5.74, 6) is 3.13. The Morgan fingerprint density at radius 2 is 1.91 bits per heavy atom. The van der Waals surface area contributed by atoms with Crippen LogP contribution in [0.15, 0.2) is 0 Å². The van der Waals surface area contributed by atoms with Gasteiger partial charge < -0.3 is 9.47 Å². The van der Waals surface area contributed by atoms with Gasteiger partial charge in [0.2, 0.25) is 0 Å². The molecule has 3 nitrogen and oxygen atoms in total. The van der Waals surface area contributed by atoms with Gasteiger partial charge in [0.25, 0.3) is 0 Å². The smallest absolute Gasteiger partial charge is 0.309 e. The summed E-state index contributed by atoms with van der Waals surface area (Å²) < 4.78 is 12.0. The maximum absolute atomic E-state index is 12.9. The van der Waals surface area contributed by atoms with Crippen molar-refractivity contribution in [1.29, 1.82) is 0 Å². The molecule has 3 heteroatoms. The lowest BCUT2D eigenvalue weighted by molar-refractivity contribution is -0.162. The Kier molecular flexibility index (Phi) is 4.54. The van der Waals surface area contributed by atoms with Crippen LogP contribution in [0.4, 0.5) is 0 Å². The van der Waals surface area contributed by atoms with Crippen LogP contribution in [-0.4, -0.2) is 24.8 Å². The highest BCUT2D eigenvalue weighted by Crippen LogP contribution is 2.57. The lowest BCUT2D eigenvalue weighted by Crippen LogP contribution is -2.39. The van der Waals surface area contributed by atoms with Crippen LogP contribution in [0, 0.1) is 40.9 Å². The number of carbonyl (C=O) groups excluding carboxylic acids is 1. The molecule has 0 aromatic heterocycles. The minimum absolute atomic E-state index is 0.00354. The van der Waals surface area contributed by atoms with Crippen LogP contribution >= 0.6 is 0 Å². The summed E-state index contributed by atoms with van der Waals surface area (Å²) in [5, 5.41) is 0. The summed E-state index contributed by atoms with van der Waals surface area (Å²) in [6, 6.07) is 0. The Balaban J connectivity index is 1.65. The molecule has 3 fully saturated rings. The molecule has 1 saturated heterocycles. The first-order valence-electron chi connectivity index (χ1n) is 9.50. The first-order chi connectivity index (χ1) is 10.7. The van der Waals surface area contributed by atoms with E-state index in [4.69, 9.17) is 9.47 Å². The van der Waals surface area contributed by atoms with Crippen molar-refractivity contribution < 1.29 is 14.3 Å². The van der Waals surface area contributed by atoms with E-state index in [-0.39, 0.29) is 23.4 Å². The quantitative estimate of drug-likeness (QED) is 0.724. The lowest BCUT2D eigenvalue weighted by Gasteiger charge is -2.35. The molecule has 2 aliphatic carbocycles. The molecule has 2 bridgehead atoms. The summed E-state index contributed by atoms with van der Waals surface area (Å²) in [7, 11) is 0. The molecular weight excluding hydrogens is 288 g/mol. The topological polar surface area (TPSA) is 35.5 Å². The summed E-state index contributed by atoms with van der Waals surface area (Å²) in [4.78, 5) is 12.9. The fraction of sp³-hybridized carbons (Fsp3) is 0.950. The van der Waals surface area contributed by atoms with Gasteiger partial charge in [-0.05, 0) is 55.3 Å². The van der Waals surface area contributed by atoms with Crippen molar-refractivity contribution in [3.8, 4) is 0 Å². The zero-order valence-corrected chi connectivity index (χ0v) is 15.7. The van der Waals surface area contributed by atoms with Gasteiger partial charge in [0, 0.05) is 5.92 Å². The third kappa shape index (κ3) is 3.18. The standard InChI is InChI=1S/C20H34O3/c1-11(2)7-16(20(4,5)6)19(21)23-17-9-13-8-14(17)15-10-22-12(3)18(13)15/h11-18H,7-10H2,1-6H3. The zero-order valence-electron chi connectivity index (χ0n) is 15.7. The predicted octanol–water partition coefficient (Wildman–Crippen LogP) is 4.30. The molecule has 132 valence electrons. The van der Waals surface area contributed by atoms with Crippen LogP contribution in [0.25, 0.3) is 0 Å². The highest BCUT2D eigenvalue weighted by atomic mass is 16.5. The molecule has 0 spiro atoms. The SMILES string of the molecule is CC(C)CC(C(=O)OC1CC2CC1C1COC(C)C21)C(C)(C)C. The van der Waals surface area contributed by atoms with Crippen molar-refractivity contribution in [2.45, 2.75) is 73.0 Å². The van der Waals surface area contributed by atoms with Gasteiger partial charge in [-0.2, -0.15) is 0 Å². The Bertz CT molecular complexity index is 450. The van der Waals surface area contributed by atoms with E-state index in [0.29, 0.717) is 35.7 Å². The largest absolute Gasteiger partial charge is 0.462 e. The van der Waals surface area contributed by atoms with E-state index in [1.165, 1.54) is 6.42 Å². The summed E-state index contributed by atoms with van der Waals surface area (Å²) in [6.45, 7) is 13.9. The van der Waals surface area contributed by atoms with Crippen molar-refractivity contribution >= 4 is 5.97 Å². The molecule has 1 aliphatic heterocycles. The second kappa shape index (κ2) is 6.06. The number of rotatable bonds is 4. The maximum atomic E-state index is 12.9. The van der Waals surface area contributed by atoms with Crippen molar-refractivity contribution in [2.75, 3.05) is 6.61 Å². The maximum Gasteiger partial charge on any atom is 0.309 e. The van der Waals surface area contributed by atoms with Crippen molar-refractivity contribution in [3.63, 3.8) is 0 Å². The average Bonchev–Trinajstić information content (AvgIpc) is 3.07. The minimum atomic E-state index is -0.0352. The summed E-state index contributed by atoms with van der Waals surface area (Å²) in [5.41, 5.74) is -0.0352. The highest BCUT2D eigenvalue weighted by Gasteiger charge is 2.58. The number of carbonyl (C=O) groups is 1. The molecule has 3 rings (SSSR count). The molecule has 3 aliphatic rings. The Morgan fingerprint density at radius 1 is 1.22 bits per heavy atom. The van der Waals surface area contributed by atoms with Gasteiger partial charge in [-0.1, -0.05) is 34.6 Å². The Hall–Kier alpha value is -0.570. The zero-order chi connectivity index (χ0) is 16.9. The third-order valence-corrected chi connectivity index (χ3v) is 6.57. The highest BCUT2D eigenvalue weighted by molar-refractivity contribution is 5.73. The first-order valence-corrected chi connectivity index (χ1v) is 9.50. The fourth-order valence-electron chi connectivity index (χ4n) is 5.45. The molecule has 0 aromatic carbocycles. The van der Waals surface area contributed by atoms with Crippen molar-refractivity contribution in [2.24, 2.45) is 40.9 Å². The van der Waals surface area contributed by atoms with Gasteiger partial charge in [0.15, 0.2) is 0 Å². The first kappa shape index (κ1) is 17.3. The summed E-state index contributed by atoms with van der Waals surface area (Å²) in [6.07, 6.45) is 3.75. The van der Waals surface area contributed by atoms with Crippen LogP contribution in [0.3, 0.4) is 0 Å². The molecule has 7 atom stereocenters. The lowest BCUT2D eigenvalue weighted by atomic mass is 9.75. The number of hydrogen-bond donors (Lipinski definition) is 0. The van der Waals surface area contributed by atoms with Gasteiger partial charge >= 0.3 is 5.97 Å². The molecular formula is C20H34O3. The van der Waals surface area contributed by atoms with Crippen molar-refractivity contribution in [3.05, 3.63) is 0 Å². The van der Waals surface area contributed by atoms with Crippen LogP contribution in [0.2, 0.25) is 0 Å². The van der Waals surface area contributed by atoms with E-state index in [1.54, 1.807) is 0 Å². The van der Waals surface area contributed by atoms with Crippen LogP contribution in [0.5, 0.6) is 0 Å². The molecule has 2 saturated carbocycles. The number of ether oxygens (including phenoxy) is 2. The van der Waals surface area contributed by atoms with Crippen LogP contribution in [-0.2, 0) is 14.3 Å². The van der Waals surface area contributed by atoms with E-state index in [0.717, 1.165) is 19.4 Å². The van der Waals surface area contributed by atoms with Gasteiger partial charge in [-0.15, -0.1) is 0 Å². The minimum Gasteiger partial charge on any atom is -0.462 e. The molecule has 0 aromatic rings. The second-order valence-electron chi connectivity index (χ2n) is 9.70. The molecule has 7 unspecified atom stereocenters. The van der Waals surface area contributed by atoms with E-state index in [2.05, 4.69) is 41.5 Å². The van der Waals surface area contributed by atoms with E-state index in [9.17, 15) is 4.79 Å². The van der Waals surface area contributed by atoms with Gasteiger partial charge in [-0.3, -0.25) is 4.79 Å². The number of fused-ring (bicyclic) bond motifs is 5. The van der Waals surface area contributed by atoms with Gasteiger partial charge in [-0.25, -0.2) is 0 Å². The van der Waals surface area contributed by atoms with Crippen LogP contribution in [0.1, 0.15) is 60.8 Å². The predicted molar refractivity (Wildman–Crippen MR) is 90.9 cm³/mol. The molecule has 1 heterocycles. The number of hydrogen-bond acceptors (Lipinski definition) is 3. The number of esters is 1. The molecule has 23 heavy (non-hydrogen) atoms. The van der Waals surface area contributed by atoms with Gasteiger partial charge in [0.1, 0.15) is 6.10 Å². The van der Waals surface area contributed by atoms with Crippen LogP contribution < -0.4 is 0 Å².